The van der Waals surface area contributed by atoms with E-state index in [1.807, 2.05) is 39.0 Å². The Bertz CT molecular complexity index is 1040. The minimum absolute atomic E-state index is 0.246. The Hall–Kier alpha value is -2.27. The minimum Gasteiger partial charge on any atom is -0.477 e. The number of carbonyl (C=O) groups is 1. The molecular weight excluding hydrogens is 368 g/mol. The molecule has 0 atom stereocenters. The fraction of sp³-hybridized carbons (Fsp3) is 0.316. The molecule has 26 heavy (non-hydrogen) atoms. The van der Waals surface area contributed by atoms with Crippen molar-refractivity contribution in [2.75, 3.05) is 6.61 Å². The number of nitrogens with zero attached hydrogens (tertiary/aromatic N) is 2. The second kappa shape index (κ2) is 6.80. The van der Waals surface area contributed by atoms with Crippen LogP contribution >= 0.6 is 22.7 Å². The molecule has 134 valence electrons. The first-order valence-corrected chi connectivity index (χ1v) is 9.73. The highest BCUT2D eigenvalue weighted by molar-refractivity contribution is 7.26. The standard InChI is InChI=1S/C19H18N2O3S2/c1-5-24-19(3,4)13-6-11-8-14(25-16(11)12(7-13)9-20)17-21-10(2)15(26-17)18(22)23/h6-8H,5H2,1-4H3,(H,22,23). The molecule has 0 aliphatic rings. The van der Waals surface area contributed by atoms with E-state index in [9.17, 15) is 15.2 Å². The van der Waals surface area contributed by atoms with Crippen LogP contribution in [0.15, 0.2) is 18.2 Å². The highest BCUT2D eigenvalue weighted by atomic mass is 32.1. The van der Waals surface area contributed by atoms with Gasteiger partial charge in [-0.2, -0.15) is 5.26 Å². The summed E-state index contributed by atoms with van der Waals surface area (Å²) in [5.41, 5.74) is 1.54. The zero-order valence-corrected chi connectivity index (χ0v) is 16.5. The van der Waals surface area contributed by atoms with Crippen molar-refractivity contribution >= 4 is 38.7 Å². The second-order valence-corrected chi connectivity index (χ2v) is 8.40. The van der Waals surface area contributed by atoms with E-state index >= 15 is 0 Å². The molecule has 0 radical (unpaired) electrons. The summed E-state index contributed by atoms with van der Waals surface area (Å²) >= 11 is 2.62. The number of carboxylic acid groups (broad SMARTS) is 1. The van der Waals surface area contributed by atoms with Gasteiger partial charge < -0.3 is 9.84 Å². The molecule has 0 bridgehead atoms. The van der Waals surface area contributed by atoms with Crippen LogP contribution in [0.3, 0.4) is 0 Å². The minimum atomic E-state index is -0.967. The maximum atomic E-state index is 11.3. The molecule has 0 saturated heterocycles. The van der Waals surface area contributed by atoms with Crippen molar-refractivity contribution < 1.29 is 14.6 Å². The number of aromatic nitrogens is 1. The normalized spacial score (nSPS) is 11.7. The predicted molar refractivity (Wildman–Crippen MR) is 104 cm³/mol. The molecule has 1 aromatic carbocycles. The van der Waals surface area contributed by atoms with E-state index in [4.69, 9.17) is 4.74 Å². The van der Waals surface area contributed by atoms with Gasteiger partial charge in [-0.25, -0.2) is 9.78 Å². The number of ether oxygens (including phenoxy) is 1. The highest BCUT2D eigenvalue weighted by Crippen LogP contribution is 2.40. The van der Waals surface area contributed by atoms with Gasteiger partial charge in [0.1, 0.15) is 16.0 Å². The van der Waals surface area contributed by atoms with Crippen molar-refractivity contribution in [3.05, 3.63) is 39.9 Å². The van der Waals surface area contributed by atoms with Crippen molar-refractivity contribution in [1.29, 1.82) is 5.26 Å². The van der Waals surface area contributed by atoms with Crippen LogP contribution in [0.1, 0.15) is 47.3 Å². The Morgan fingerprint density at radius 2 is 2.08 bits per heavy atom. The molecule has 3 aromatic rings. The first-order valence-electron chi connectivity index (χ1n) is 8.10. The molecular formula is C19H18N2O3S2. The summed E-state index contributed by atoms with van der Waals surface area (Å²) in [5, 5.41) is 20.4. The fourth-order valence-electron chi connectivity index (χ4n) is 2.83. The third-order valence-electron chi connectivity index (χ3n) is 4.14. The van der Waals surface area contributed by atoms with Crippen molar-refractivity contribution in [3.8, 4) is 16.0 Å². The van der Waals surface area contributed by atoms with Crippen molar-refractivity contribution in [1.82, 2.24) is 4.98 Å². The number of thiophene rings is 1. The molecule has 2 aromatic heterocycles. The van der Waals surface area contributed by atoms with Gasteiger partial charge >= 0.3 is 5.97 Å². The second-order valence-electron chi connectivity index (χ2n) is 6.35. The van der Waals surface area contributed by atoms with Crippen LogP contribution in [0.5, 0.6) is 0 Å². The van der Waals surface area contributed by atoms with E-state index in [0.29, 0.717) is 22.9 Å². The molecule has 0 aliphatic heterocycles. The smallest absolute Gasteiger partial charge is 0.347 e. The van der Waals surface area contributed by atoms with Gasteiger partial charge in [0.2, 0.25) is 0 Å². The molecule has 0 aliphatic carbocycles. The van der Waals surface area contributed by atoms with E-state index in [1.54, 1.807) is 6.92 Å². The Balaban J connectivity index is 2.16. The SMILES string of the molecule is CCOC(C)(C)c1cc(C#N)c2sc(-c3nc(C)c(C(=O)O)s3)cc2c1. The Kier molecular flexibility index (Phi) is 4.84. The molecule has 0 fully saturated rings. The molecule has 0 amide bonds. The van der Waals surface area contributed by atoms with Crippen molar-refractivity contribution in [2.45, 2.75) is 33.3 Å². The zero-order valence-electron chi connectivity index (χ0n) is 14.9. The largest absolute Gasteiger partial charge is 0.477 e. The van der Waals surface area contributed by atoms with Crippen LogP contribution < -0.4 is 0 Å². The lowest BCUT2D eigenvalue weighted by Gasteiger charge is -2.25. The number of hydrogen-bond donors (Lipinski definition) is 1. The average molecular weight is 386 g/mol. The lowest BCUT2D eigenvalue weighted by Crippen LogP contribution is -2.21. The topological polar surface area (TPSA) is 83.2 Å². The van der Waals surface area contributed by atoms with E-state index < -0.39 is 11.6 Å². The van der Waals surface area contributed by atoms with Crippen molar-refractivity contribution in [3.63, 3.8) is 0 Å². The van der Waals surface area contributed by atoms with Gasteiger partial charge in [-0.15, -0.1) is 22.7 Å². The third-order valence-corrected chi connectivity index (χ3v) is 6.64. The van der Waals surface area contributed by atoms with Gasteiger partial charge in [-0.3, -0.25) is 0 Å². The van der Waals surface area contributed by atoms with Gasteiger partial charge in [-0.05, 0) is 56.8 Å². The van der Waals surface area contributed by atoms with Gasteiger partial charge in [0, 0.05) is 6.61 Å². The number of hydrogen-bond acceptors (Lipinski definition) is 6. The summed E-state index contributed by atoms with van der Waals surface area (Å²) < 4.78 is 6.70. The number of thiazole rings is 1. The molecule has 0 saturated carbocycles. The summed E-state index contributed by atoms with van der Waals surface area (Å²) in [6.07, 6.45) is 0. The summed E-state index contributed by atoms with van der Waals surface area (Å²) in [5.74, 6) is -0.967. The van der Waals surface area contributed by atoms with E-state index in [0.717, 1.165) is 31.9 Å². The van der Waals surface area contributed by atoms with E-state index in [1.165, 1.54) is 11.3 Å². The van der Waals surface area contributed by atoms with Crippen LogP contribution in [-0.4, -0.2) is 22.7 Å². The monoisotopic (exact) mass is 386 g/mol. The first kappa shape index (κ1) is 18.5. The predicted octanol–water partition coefficient (Wildman–Crippen LogP) is 5.17. The fourth-order valence-corrected chi connectivity index (χ4v) is 4.89. The van der Waals surface area contributed by atoms with Crippen LogP contribution in [0.25, 0.3) is 20.0 Å². The average Bonchev–Trinajstić information content (AvgIpc) is 3.17. The van der Waals surface area contributed by atoms with Crippen LogP contribution in [-0.2, 0) is 10.3 Å². The van der Waals surface area contributed by atoms with Crippen LogP contribution in [0, 0.1) is 18.3 Å². The molecule has 0 spiro atoms. The zero-order chi connectivity index (χ0) is 19.1. The number of benzene rings is 1. The maximum Gasteiger partial charge on any atom is 0.347 e. The molecule has 3 rings (SSSR count). The number of aryl methyl sites for hydroxylation is 1. The number of carboxylic acids is 1. The van der Waals surface area contributed by atoms with Gasteiger partial charge in [-0.1, -0.05) is 0 Å². The molecule has 0 unspecified atom stereocenters. The van der Waals surface area contributed by atoms with Gasteiger partial charge in [0.25, 0.3) is 0 Å². The molecule has 1 N–H and O–H groups in total. The van der Waals surface area contributed by atoms with Crippen molar-refractivity contribution in [2.24, 2.45) is 0 Å². The van der Waals surface area contributed by atoms with Gasteiger partial charge in [0.05, 0.1) is 26.4 Å². The molecule has 5 nitrogen and oxygen atoms in total. The number of fused-ring (bicyclic) bond motifs is 1. The third kappa shape index (κ3) is 3.23. The summed E-state index contributed by atoms with van der Waals surface area (Å²) in [7, 11) is 0. The Morgan fingerprint density at radius 3 is 2.65 bits per heavy atom. The number of nitriles is 1. The Morgan fingerprint density at radius 1 is 1.35 bits per heavy atom. The van der Waals surface area contributed by atoms with Crippen LogP contribution in [0.2, 0.25) is 0 Å². The first-order chi connectivity index (χ1) is 12.3. The number of aromatic carboxylic acids is 1. The summed E-state index contributed by atoms with van der Waals surface area (Å²) in [4.78, 5) is 16.8. The molecule has 7 heteroatoms. The highest BCUT2D eigenvalue weighted by Gasteiger charge is 2.24. The molecule has 2 heterocycles. The maximum absolute atomic E-state index is 11.3. The Labute approximate surface area is 159 Å². The lowest BCUT2D eigenvalue weighted by molar-refractivity contribution is -0.0139. The van der Waals surface area contributed by atoms with E-state index in [2.05, 4.69) is 11.1 Å². The summed E-state index contributed by atoms with van der Waals surface area (Å²) in [6.45, 7) is 8.18. The van der Waals surface area contributed by atoms with Gasteiger partial charge in [0.15, 0.2) is 0 Å². The lowest BCUT2D eigenvalue weighted by atomic mass is 9.95. The number of rotatable bonds is 5. The van der Waals surface area contributed by atoms with Crippen LogP contribution in [0.4, 0.5) is 0 Å². The quantitative estimate of drug-likeness (QED) is 0.653. The summed E-state index contributed by atoms with van der Waals surface area (Å²) in [6, 6.07) is 8.14. The van der Waals surface area contributed by atoms with E-state index in [-0.39, 0.29) is 4.88 Å².